The molecular formula is C19H21N5O2S. The molecule has 0 saturated carbocycles. The lowest BCUT2D eigenvalue weighted by atomic mass is 9.97. The van der Waals surface area contributed by atoms with Gasteiger partial charge in [-0.25, -0.2) is 9.97 Å². The maximum absolute atomic E-state index is 13.5. The number of primary amides is 1. The first-order valence-electron chi connectivity index (χ1n) is 8.56. The fourth-order valence-electron chi connectivity index (χ4n) is 2.93. The number of benzene rings is 1. The summed E-state index contributed by atoms with van der Waals surface area (Å²) in [5.41, 5.74) is 8.17. The van der Waals surface area contributed by atoms with E-state index in [1.54, 1.807) is 30.3 Å². The molecule has 1 unspecified atom stereocenters. The Hall–Kier alpha value is -3.00. The predicted octanol–water partition coefficient (Wildman–Crippen LogP) is 2.11. The number of hydrogen-bond donors (Lipinski definition) is 1. The number of amides is 2. The number of aromatic nitrogens is 3. The number of anilines is 1. The highest BCUT2D eigenvalue weighted by Crippen LogP contribution is 2.22. The summed E-state index contributed by atoms with van der Waals surface area (Å²) in [6, 6.07) is 9.00. The molecule has 0 aliphatic carbocycles. The van der Waals surface area contributed by atoms with Crippen LogP contribution in [0.1, 0.15) is 12.5 Å². The van der Waals surface area contributed by atoms with Crippen molar-refractivity contribution in [2.24, 2.45) is 11.7 Å². The summed E-state index contributed by atoms with van der Waals surface area (Å²) in [5, 5.41) is 1.74. The van der Waals surface area contributed by atoms with E-state index in [0.29, 0.717) is 18.8 Å². The van der Waals surface area contributed by atoms with Gasteiger partial charge < -0.3 is 10.3 Å². The molecular weight excluding hydrogens is 362 g/mol. The molecule has 0 saturated heterocycles. The Bertz CT molecular complexity index is 865. The Kier molecular flexibility index (Phi) is 5.97. The van der Waals surface area contributed by atoms with Crippen LogP contribution in [-0.2, 0) is 22.6 Å². The van der Waals surface area contributed by atoms with E-state index in [1.807, 2.05) is 41.1 Å². The number of thiazole rings is 1. The second kappa shape index (κ2) is 8.59. The Morgan fingerprint density at radius 2 is 2.07 bits per heavy atom. The molecule has 2 heterocycles. The molecule has 7 nitrogen and oxygen atoms in total. The van der Waals surface area contributed by atoms with Gasteiger partial charge >= 0.3 is 0 Å². The fourth-order valence-corrected chi connectivity index (χ4v) is 3.45. The number of hydrogen-bond acceptors (Lipinski definition) is 5. The topological polar surface area (TPSA) is 94.1 Å². The van der Waals surface area contributed by atoms with Gasteiger partial charge in [-0.3, -0.25) is 14.5 Å². The summed E-state index contributed by atoms with van der Waals surface area (Å²) in [4.78, 5) is 35.0. The average Bonchev–Trinajstić information content (AvgIpc) is 3.36. The van der Waals surface area contributed by atoms with Crippen LogP contribution in [0.3, 0.4) is 0 Å². The third-order valence-electron chi connectivity index (χ3n) is 4.37. The molecule has 140 valence electrons. The standard InChI is InChI=1S/C19H21N5O2S/c1-14(18(20)25)24(17-11-27-13-22-17)19(26)16(10-23-8-7-21-12-23)9-15-5-3-2-4-6-15/h2-8,11-14,16H,9-10H2,1H3,(H2,20,25)/t14-,16?/m1/s1. The van der Waals surface area contributed by atoms with Crippen LogP contribution in [0.4, 0.5) is 5.82 Å². The van der Waals surface area contributed by atoms with Gasteiger partial charge in [-0.05, 0) is 18.9 Å². The maximum atomic E-state index is 13.5. The molecule has 2 aromatic heterocycles. The Labute approximate surface area is 161 Å². The van der Waals surface area contributed by atoms with Crippen LogP contribution in [0.15, 0.2) is 59.9 Å². The summed E-state index contributed by atoms with van der Waals surface area (Å²) in [6.45, 7) is 2.07. The van der Waals surface area contributed by atoms with Crippen LogP contribution in [-0.4, -0.2) is 32.4 Å². The van der Waals surface area contributed by atoms with E-state index in [1.165, 1.54) is 16.2 Å². The monoisotopic (exact) mass is 383 g/mol. The molecule has 0 bridgehead atoms. The molecule has 0 fully saturated rings. The molecule has 8 heteroatoms. The maximum Gasteiger partial charge on any atom is 0.240 e. The molecule has 2 amide bonds. The Balaban J connectivity index is 1.92. The SMILES string of the molecule is C[C@H](C(N)=O)N(C(=O)C(Cc1ccccc1)Cn1ccnc1)c1cscn1. The van der Waals surface area contributed by atoms with Gasteiger partial charge in [0.2, 0.25) is 11.8 Å². The number of imidazole rings is 1. The van der Waals surface area contributed by atoms with Gasteiger partial charge in [0.05, 0.1) is 17.8 Å². The second-order valence-electron chi connectivity index (χ2n) is 6.28. The molecule has 27 heavy (non-hydrogen) atoms. The number of nitrogens with zero attached hydrogens (tertiary/aromatic N) is 4. The van der Waals surface area contributed by atoms with Crippen molar-refractivity contribution in [3.05, 3.63) is 65.5 Å². The van der Waals surface area contributed by atoms with Gasteiger partial charge in [0.15, 0.2) is 0 Å². The van der Waals surface area contributed by atoms with E-state index in [9.17, 15) is 9.59 Å². The predicted molar refractivity (Wildman–Crippen MR) is 104 cm³/mol. The van der Waals surface area contributed by atoms with E-state index >= 15 is 0 Å². The highest BCUT2D eigenvalue weighted by Gasteiger charge is 2.32. The molecule has 2 N–H and O–H groups in total. The van der Waals surface area contributed by atoms with E-state index in [-0.39, 0.29) is 5.91 Å². The lowest BCUT2D eigenvalue weighted by molar-refractivity contribution is -0.127. The summed E-state index contributed by atoms with van der Waals surface area (Å²) in [5.74, 6) is -0.715. The number of carbonyl (C=O) groups excluding carboxylic acids is 2. The minimum Gasteiger partial charge on any atom is -0.368 e. The van der Waals surface area contributed by atoms with E-state index in [4.69, 9.17) is 5.73 Å². The van der Waals surface area contributed by atoms with Crippen molar-refractivity contribution in [3.63, 3.8) is 0 Å². The second-order valence-corrected chi connectivity index (χ2v) is 7.00. The number of carbonyl (C=O) groups is 2. The summed E-state index contributed by atoms with van der Waals surface area (Å²) < 4.78 is 1.86. The van der Waals surface area contributed by atoms with E-state index in [2.05, 4.69) is 9.97 Å². The summed E-state index contributed by atoms with van der Waals surface area (Å²) >= 11 is 1.36. The zero-order valence-electron chi connectivity index (χ0n) is 14.9. The molecule has 0 radical (unpaired) electrons. The third kappa shape index (κ3) is 4.59. The van der Waals surface area contributed by atoms with Gasteiger partial charge in [-0.2, -0.15) is 0 Å². The van der Waals surface area contributed by atoms with Crippen molar-refractivity contribution in [1.29, 1.82) is 0 Å². The highest BCUT2D eigenvalue weighted by molar-refractivity contribution is 7.07. The fraction of sp³-hybridized carbons (Fsp3) is 0.263. The van der Waals surface area contributed by atoms with Crippen molar-refractivity contribution >= 4 is 29.0 Å². The van der Waals surface area contributed by atoms with Crippen LogP contribution in [0.5, 0.6) is 0 Å². The minimum atomic E-state index is -0.791. The zero-order valence-corrected chi connectivity index (χ0v) is 15.7. The van der Waals surface area contributed by atoms with Gasteiger partial charge in [0.1, 0.15) is 11.9 Å². The largest absolute Gasteiger partial charge is 0.368 e. The van der Waals surface area contributed by atoms with Gasteiger partial charge in [-0.1, -0.05) is 30.3 Å². The minimum absolute atomic E-state index is 0.190. The van der Waals surface area contributed by atoms with E-state index in [0.717, 1.165) is 5.56 Å². The highest BCUT2D eigenvalue weighted by atomic mass is 32.1. The zero-order chi connectivity index (χ0) is 19.2. The van der Waals surface area contributed by atoms with Crippen molar-refractivity contribution in [2.45, 2.75) is 25.9 Å². The van der Waals surface area contributed by atoms with Crippen LogP contribution in [0, 0.1) is 5.92 Å². The lowest BCUT2D eigenvalue weighted by Gasteiger charge is -2.29. The van der Waals surface area contributed by atoms with Gasteiger partial charge in [0.25, 0.3) is 0 Å². The number of rotatable bonds is 8. The third-order valence-corrected chi connectivity index (χ3v) is 4.94. The smallest absolute Gasteiger partial charge is 0.240 e. The van der Waals surface area contributed by atoms with Crippen molar-refractivity contribution in [1.82, 2.24) is 14.5 Å². The first-order chi connectivity index (χ1) is 13.1. The molecule has 0 spiro atoms. The molecule has 3 aromatic rings. The van der Waals surface area contributed by atoms with Crippen LogP contribution < -0.4 is 10.6 Å². The van der Waals surface area contributed by atoms with Gasteiger partial charge in [-0.15, -0.1) is 11.3 Å². The molecule has 0 aliphatic rings. The lowest BCUT2D eigenvalue weighted by Crippen LogP contribution is -2.50. The van der Waals surface area contributed by atoms with Crippen molar-refractivity contribution in [3.8, 4) is 0 Å². The van der Waals surface area contributed by atoms with E-state index < -0.39 is 17.9 Å². The molecule has 2 atom stereocenters. The Morgan fingerprint density at radius 3 is 2.67 bits per heavy atom. The number of nitrogens with two attached hydrogens (primary N) is 1. The first kappa shape index (κ1) is 18.8. The summed E-state index contributed by atoms with van der Waals surface area (Å²) in [6.07, 6.45) is 5.70. The Morgan fingerprint density at radius 1 is 1.30 bits per heavy atom. The summed E-state index contributed by atoms with van der Waals surface area (Å²) in [7, 11) is 0. The molecule has 1 aromatic carbocycles. The van der Waals surface area contributed by atoms with Crippen LogP contribution in [0.2, 0.25) is 0 Å². The average molecular weight is 383 g/mol. The van der Waals surface area contributed by atoms with Crippen LogP contribution >= 0.6 is 11.3 Å². The van der Waals surface area contributed by atoms with Crippen LogP contribution in [0.25, 0.3) is 0 Å². The normalized spacial score (nSPS) is 13.1. The van der Waals surface area contributed by atoms with Gasteiger partial charge in [0, 0.05) is 24.3 Å². The quantitative estimate of drug-likeness (QED) is 0.644. The molecule has 0 aliphatic heterocycles. The molecule has 3 rings (SSSR count). The van der Waals surface area contributed by atoms with Crippen molar-refractivity contribution in [2.75, 3.05) is 4.90 Å². The van der Waals surface area contributed by atoms with Crippen molar-refractivity contribution < 1.29 is 9.59 Å². The first-order valence-corrected chi connectivity index (χ1v) is 9.50.